The third-order valence-corrected chi connectivity index (χ3v) is 8.75. The molecule has 0 saturated heterocycles. The predicted octanol–water partition coefficient (Wildman–Crippen LogP) is 7.81. The zero-order valence-electron chi connectivity index (χ0n) is 28.8. The molecule has 8 heteroatoms. The van der Waals surface area contributed by atoms with Crippen molar-refractivity contribution in [3.63, 3.8) is 0 Å². The summed E-state index contributed by atoms with van der Waals surface area (Å²) in [7, 11) is 3.19. The lowest BCUT2D eigenvalue weighted by Gasteiger charge is -2.30. The zero-order chi connectivity index (χ0) is 35.5. The number of ether oxygens (including phenoxy) is 4. The standard InChI is InChI=1S/C43H42N2O6/c1-48-38-27-32(28-39(29-38)49-2)30-44-42(47)43(24-9-13-31-11-5-3-6-12-31)40(35-18-16-34(17-19-35)33-14-7-4-8-15-33)51-41(45-43)36-20-22-37(23-21-36)50-26-10-25-46/h3-9,11-23,27-29,40,46H,10,24-26,30H2,1-2H3,(H,44,47)/b13-9+/t40-,43-/m1/s1. The van der Waals surface area contributed by atoms with Gasteiger partial charge < -0.3 is 29.4 Å². The van der Waals surface area contributed by atoms with Crippen LogP contribution in [0.3, 0.4) is 0 Å². The van der Waals surface area contributed by atoms with Crippen molar-refractivity contribution < 1.29 is 28.8 Å². The molecule has 0 fully saturated rings. The van der Waals surface area contributed by atoms with Crippen molar-refractivity contribution in [1.82, 2.24) is 5.32 Å². The lowest BCUT2D eigenvalue weighted by atomic mass is 9.83. The number of aliphatic hydroxyl groups excluding tert-OH is 1. The third-order valence-electron chi connectivity index (χ3n) is 8.75. The molecule has 0 bridgehead atoms. The molecule has 0 aromatic heterocycles. The molecule has 2 atom stereocenters. The van der Waals surface area contributed by atoms with Crippen molar-refractivity contribution in [2.24, 2.45) is 4.99 Å². The van der Waals surface area contributed by atoms with E-state index in [9.17, 15) is 4.79 Å². The number of benzene rings is 5. The first kappa shape index (κ1) is 35.0. The molecule has 260 valence electrons. The molecule has 8 nitrogen and oxygen atoms in total. The predicted molar refractivity (Wildman–Crippen MR) is 200 cm³/mol. The highest BCUT2D eigenvalue weighted by molar-refractivity contribution is 6.01. The largest absolute Gasteiger partial charge is 0.497 e. The van der Waals surface area contributed by atoms with Crippen molar-refractivity contribution in [1.29, 1.82) is 0 Å². The van der Waals surface area contributed by atoms with Gasteiger partial charge in [0.1, 0.15) is 17.2 Å². The highest BCUT2D eigenvalue weighted by Crippen LogP contribution is 2.43. The maximum atomic E-state index is 14.7. The summed E-state index contributed by atoms with van der Waals surface area (Å²) in [4.78, 5) is 19.9. The second-order valence-electron chi connectivity index (χ2n) is 12.2. The minimum absolute atomic E-state index is 0.0602. The molecule has 1 aliphatic heterocycles. The highest BCUT2D eigenvalue weighted by atomic mass is 16.5. The number of carbonyl (C=O) groups is 1. The number of aliphatic hydroxyl groups is 1. The summed E-state index contributed by atoms with van der Waals surface area (Å²) in [5.41, 5.74) is 4.17. The fraction of sp³-hybridized carbons (Fsp3) is 0.209. The summed E-state index contributed by atoms with van der Waals surface area (Å²) in [6.45, 7) is 0.691. The van der Waals surface area contributed by atoms with E-state index in [0.29, 0.717) is 36.2 Å². The average molecular weight is 683 g/mol. The summed E-state index contributed by atoms with van der Waals surface area (Å²) in [6.07, 6.45) is 4.07. The molecule has 5 aromatic carbocycles. The van der Waals surface area contributed by atoms with Gasteiger partial charge in [-0.2, -0.15) is 0 Å². The minimum atomic E-state index is -1.35. The van der Waals surface area contributed by atoms with E-state index in [1.54, 1.807) is 20.3 Å². The van der Waals surface area contributed by atoms with Crippen LogP contribution in [0.5, 0.6) is 17.2 Å². The van der Waals surface area contributed by atoms with E-state index in [-0.39, 0.29) is 25.5 Å². The quantitative estimate of drug-likeness (QED) is 0.109. The van der Waals surface area contributed by atoms with Gasteiger partial charge in [0.25, 0.3) is 5.91 Å². The van der Waals surface area contributed by atoms with E-state index in [4.69, 9.17) is 29.0 Å². The number of amides is 1. The minimum Gasteiger partial charge on any atom is -0.497 e. The normalized spacial score (nSPS) is 16.7. The summed E-state index contributed by atoms with van der Waals surface area (Å²) < 4.78 is 23.4. The van der Waals surface area contributed by atoms with Gasteiger partial charge in [-0.15, -0.1) is 0 Å². The molecule has 0 saturated carbocycles. The molecular weight excluding hydrogens is 640 g/mol. The smallest absolute Gasteiger partial charge is 0.252 e. The Morgan fingerprint density at radius 1 is 0.804 bits per heavy atom. The van der Waals surface area contributed by atoms with E-state index in [2.05, 4.69) is 29.6 Å². The lowest BCUT2D eigenvalue weighted by molar-refractivity contribution is -0.129. The van der Waals surface area contributed by atoms with Gasteiger partial charge in [-0.3, -0.25) is 4.79 Å². The van der Waals surface area contributed by atoms with Crippen molar-refractivity contribution in [2.75, 3.05) is 27.4 Å². The molecular formula is C43H42N2O6. The first-order valence-corrected chi connectivity index (χ1v) is 17.0. The molecule has 51 heavy (non-hydrogen) atoms. The number of hydrogen-bond donors (Lipinski definition) is 2. The fourth-order valence-corrected chi connectivity index (χ4v) is 6.04. The maximum absolute atomic E-state index is 14.7. The molecule has 0 aliphatic carbocycles. The number of nitrogens with zero attached hydrogens (tertiary/aromatic N) is 1. The number of nitrogens with one attached hydrogen (secondary N) is 1. The average Bonchev–Trinajstić information content (AvgIpc) is 3.58. The van der Waals surface area contributed by atoms with Crippen LogP contribution in [0.1, 0.15) is 41.2 Å². The summed E-state index contributed by atoms with van der Waals surface area (Å²) in [6, 6.07) is 41.2. The first-order chi connectivity index (χ1) is 25.0. The molecule has 1 aliphatic rings. The second kappa shape index (κ2) is 16.7. The molecule has 5 aromatic rings. The van der Waals surface area contributed by atoms with E-state index >= 15 is 0 Å². The van der Waals surface area contributed by atoms with Crippen molar-refractivity contribution >= 4 is 17.9 Å². The number of carbonyl (C=O) groups excluding carboxylic acids is 1. The van der Waals surface area contributed by atoms with Gasteiger partial charge in [0, 0.05) is 37.6 Å². The lowest BCUT2D eigenvalue weighted by Crippen LogP contribution is -2.47. The van der Waals surface area contributed by atoms with Gasteiger partial charge in [0.05, 0.1) is 20.8 Å². The van der Waals surface area contributed by atoms with Gasteiger partial charge in [0.15, 0.2) is 11.6 Å². The Hall–Kier alpha value is -5.86. The fourth-order valence-electron chi connectivity index (χ4n) is 6.04. The summed E-state index contributed by atoms with van der Waals surface area (Å²) >= 11 is 0. The number of methoxy groups -OCH3 is 2. The number of rotatable bonds is 15. The van der Waals surface area contributed by atoms with Crippen LogP contribution >= 0.6 is 0 Å². The van der Waals surface area contributed by atoms with Crippen LogP contribution < -0.4 is 19.5 Å². The number of hydrogen-bond acceptors (Lipinski definition) is 7. The van der Waals surface area contributed by atoms with Gasteiger partial charge in [-0.1, -0.05) is 97.1 Å². The van der Waals surface area contributed by atoms with Crippen LogP contribution in [0.25, 0.3) is 17.2 Å². The van der Waals surface area contributed by atoms with Crippen molar-refractivity contribution in [3.8, 4) is 28.4 Å². The van der Waals surface area contributed by atoms with E-state index in [1.807, 2.05) is 109 Å². The van der Waals surface area contributed by atoms with Gasteiger partial charge in [-0.05, 0) is 64.2 Å². The molecule has 6 rings (SSSR count). The Labute approximate surface area is 299 Å². The van der Waals surface area contributed by atoms with Crippen LogP contribution in [0.2, 0.25) is 0 Å². The summed E-state index contributed by atoms with van der Waals surface area (Å²) in [5, 5.41) is 12.3. The monoisotopic (exact) mass is 682 g/mol. The molecule has 0 radical (unpaired) electrons. The van der Waals surface area contributed by atoms with E-state index in [0.717, 1.165) is 33.4 Å². The van der Waals surface area contributed by atoms with Crippen LogP contribution in [0.15, 0.2) is 138 Å². The van der Waals surface area contributed by atoms with E-state index < -0.39 is 11.6 Å². The van der Waals surface area contributed by atoms with Crippen LogP contribution in [-0.2, 0) is 16.1 Å². The molecule has 0 spiro atoms. The zero-order valence-corrected chi connectivity index (χ0v) is 28.8. The molecule has 1 heterocycles. The Kier molecular flexibility index (Phi) is 11.5. The Morgan fingerprint density at radius 3 is 2.08 bits per heavy atom. The van der Waals surface area contributed by atoms with Crippen LogP contribution in [-0.4, -0.2) is 49.9 Å². The Balaban J connectivity index is 1.39. The highest BCUT2D eigenvalue weighted by Gasteiger charge is 2.52. The van der Waals surface area contributed by atoms with Crippen molar-refractivity contribution in [3.05, 3.63) is 156 Å². The van der Waals surface area contributed by atoms with Gasteiger partial charge in [-0.25, -0.2) is 4.99 Å². The molecule has 2 N–H and O–H groups in total. The topological polar surface area (TPSA) is 98.6 Å². The van der Waals surface area contributed by atoms with E-state index in [1.165, 1.54) is 0 Å². The Morgan fingerprint density at radius 2 is 1.43 bits per heavy atom. The SMILES string of the molecule is COc1cc(CNC(=O)[C@]2(C/C=C/c3ccccc3)N=C(c3ccc(OCCCO)cc3)O[C@@H]2c2ccc(-c3ccccc3)cc2)cc(OC)c1. The van der Waals surface area contributed by atoms with Crippen LogP contribution in [0, 0.1) is 0 Å². The molecule has 1 amide bonds. The Bertz CT molecular complexity index is 1920. The van der Waals surface area contributed by atoms with Crippen LogP contribution in [0.4, 0.5) is 0 Å². The first-order valence-electron chi connectivity index (χ1n) is 17.0. The maximum Gasteiger partial charge on any atom is 0.252 e. The third kappa shape index (κ3) is 8.48. The van der Waals surface area contributed by atoms with Gasteiger partial charge >= 0.3 is 0 Å². The summed E-state index contributed by atoms with van der Waals surface area (Å²) in [5.74, 6) is 2.01. The number of aliphatic imine (C=N–C) groups is 1. The van der Waals surface area contributed by atoms with Gasteiger partial charge in [0.2, 0.25) is 5.90 Å². The molecule has 0 unspecified atom stereocenters. The van der Waals surface area contributed by atoms with Crippen molar-refractivity contribution in [2.45, 2.75) is 31.0 Å². The second-order valence-corrected chi connectivity index (χ2v) is 12.2.